The lowest BCUT2D eigenvalue weighted by Gasteiger charge is -2.13. The number of carbonyl (C=O) groups excluding carboxylic acids is 1. The Morgan fingerprint density at radius 1 is 0.789 bits per heavy atom. The molecule has 1 amide bonds. The first-order valence-corrected chi connectivity index (χ1v) is 6.28. The Morgan fingerprint density at radius 3 is 1.58 bits per heavy atom. The molecule has 2 heteroatoms. The molecule has 2 aromatic carbocycles. The minimum atomic E-state index is -0.0538. The average Bonchev–Trinajstić information content (AvgIpc) is 2.40. The van der Waals surface area contributed by atoms with Gasteiger partial charge in [0.25, 0.3) is 0 Å². The van der Waals surface area contributed by atoms with Crippen molar-refractivity contribution in [3.05, 3.63) is 77.5 Å². The van der Waals surface area contributed by atoms with E-state index in [1.807, 2.05) is 67.6 Å². The molecule has 0 radical (unpaired) electrons. The van der Waals surface area contributed by atoms with Crippen molar-refractivity contribution in [2.24, 2.45) is 0 Å². The van der Waals surface area contributed by atoms with Crippen LogP contribution in [0, 0.1) is 0 Å². The molecule has 0 heterocycles. The van der Waals surface area contributed by atoms with Gasteiger partial charge in [0.2, 0.25) is 5.91 Å². The van der Waals surface area contributed by atoms with Crippen molar-refractivity contribution in [2.45, 2.75) is 13.8 Å². The molecule has 0 aromatic heterocycles. The molecule has 0 spiro atoms. The molecule has 2 aromatic rings. The van der Waals surface area contributed by atoms with E-state index in [9.17, 15) is 4.79 Å². The molecule has 0 atom stereocenters. The van der Waals surface area contributed by atoms with E-state index in [1.54, 1.807) is 0 Å². The molecule has 19 heavy (non-hydrogen) atoms. The molecule has 0 fully saturated rings. The molecular formula is C17H17NO. The molecule has 96 valence electrons. The molecule has 0 saturated carbocycles. The molecule has 0 aliphatic rings. The van der Waals surface area contributed by atoms with Crippen LogP contribution < -0.4 is 5.32 Å². The maximum atomic E-state index is 11.3. The number of allylic oxidation sites excluding steroid dienone is 1. The van der Waals surface area contributed by atoms with Gasteiger partial charge in [-0.1, -0.05) is 60.7 Å². The largest absolute Gasteiger partial charge is 0.330 e. The van der Waals surface area contributed by atoms with Gasteiger partial charge in [0.05, 0.1) is 0 Å². The highest BCUT2D eigenvalue weighted by molar-refractivity contribution is 5.85. The van der Waals surface area contributed by atoms with Crippen molar-refractivity contribution in [1.29, 1.82) is 0 Å². The molecular weight excluding hydrogens is 234 g/mol. The van der Waals surface area contributed by atoms with E-state index in [0.29, 0.717) is 0 Å². The summed E-state index contributed by atoms with van der Waals surface area (Å²) in [4.78, 5) is 11.3. The Morgan fingerprint density at radius 2 is 1.21 bits per heavy atom. The Hall–Kier alpha value is -2.35. The zero-order chi connectivity index (χ0) is 13.7. The summed E-state index contributed by atoms with van der Waals surface area (Å²) in [6.45, 7) is 3.45. The first-order chi connectivity index (χ1) is 9.18. The number of nitrogens with one attached hydrogen (secondary N) is 1. The summed E-state index contributed by atoms with van der Waals surface area (Å²) in [5, 5.41) is 2.88. The van der Waals surface area contributed by atoms with E-state index >= 15 is 0 Å². The zero-order valence-corrected chi connectivity index (χ0v) is 11.2. The smallest absolute Gasteiger partial charge is 0.221 e. The predicted molar refractivity (Wildman–Crippen MR) is 78.4 cm³/mol. The summed E-state index contributed by atoms with van der Waals surface area (Å²) >= 11 is 0. The molecule has 0 saturated heterocycles. The number of rotatable bonds is 3. The van der Waals surface area contributed by atoms with Gasteiger partial charge in [-0.2, -0.15) is 0 Å². The van der Waals surface area contributed by atoms with Crippen LogP contribution in [-0.4, -0.2) is 5.91 Å². The minimum Gasteiger partial charge on any atom is -0.330 e. The molecule has 0 aliphatic heterocycles. The highest BCUT2D eigenvalue weighted by Gasteiger charge is 2.09. The molecule has 0 unspecified atom stereocenters. The summed E-state index contributed by atoms with van der Waals surface area (Å²) in [5.41, 5.74) is 4.11. The third-order valence-electron chi connectivity index (χ3n) is 2.86. The van der Waals surface area contributed by atoms with Gasteiger partial charge in [-0.3, -0.25) is 4.79 Å². The van der Waals surface area contributed by atoms with Crippen molar-refractivity contribution < 1.29 is 4.79 Å². The van der Waals surface area contributed by atoms with Crippen molar-refractivity contribution in [3.63, 3.8) is 0 Å². The average molecular weight is 251 g/mol. The second kappa shape index (κ2) is 6.01. The van der Waals surface area contributed by atoms with Gasteiger partial charge < -0.3 is 5.32 Å². The lowest BCUT2D eigenvalue weighted by atomic mass is 9.96. The first-order valence-electron chi connectivity index (χ1n) is 6.28. The summed E-state index contributed by atoms with van der Waals surface area (Å²) in [5.74, 6) is -0.0538. The third-order valence-corrected chi connectivity index (χ3v) is 2.86. The van der Waals surface area contributed by atoms with E-state index in [0.717, 1.165) is 22.4 Å². The molecule has 2 rings (SSSR count). The van der Waals surface area contributed by atoms with E-state index < -0.39 is 0 Å². The number of hydrogen-bond acceptors (Lipinski definition) is 1. The topological polar surface area (TPSA) is 29.1 Å². The van der Waals surface area contributed by atoms with Gasteiger partial charge in [0.15, 0.2) is 0 Å². The van der Waals surface area contributed by atoms with E-state index in [-0.39, 0.29) is 5.91 Å². The highest BCUT2D eigenvalue weighted by Crippen LogP contribution is 2.25. The molecule has 0 bridgehead atoms. The number of carbonyl (C=O) groups is 1. The molecule has 0 aliphatic carbocycles. The van der Waals surface area contributed by atoms with Gasteiger partial charge in [0.1, 0.15) is 0 Å². The van der Waals surface area contributed by atoms with Gasteiger partial charge in [-0.05, 0) is 18.1 Å². The Labute approximate surface area is 113 Å². The monoisotopic (exact) mass is 251 g/mol. The van der Waals surface area contributed by atoms with Crippen LogP contribution in [-0.2, 0) is 4.79 Å². The third kappa shape index (κ3) is 3.32. The van der Waals surface area contributed by atoms with Gasteiger partial charge in [-0.25, -0.2) is 0 Å². The highest BCUT2D eigenvalue weighted by atomic mass is 16.1. The quantitative estimate of drug-likeness (QED) is 0.887. The van der Waals surface area contributed by atoms with E-state index in [2.05, 4.69) is 5.32 Å². The Kier molecular flexibility index (Phi) is 4.14. The second-order valence-corrected chi connectivity index (χ2v) is 4.41. The minimum absolute atomic E-state index is 0.0538. The lowest BCUT2D eigenvalue weighted by molar-refractivity contribution is -0.118. The van der Waals surface area contributed by atoms with Crippen molar-refractivity contribution in [2.75, 3.05) is 0 Å². The van der Waals surface area contributed by atoms with Gasteiger partial charge >= 0.3 is 0 Å². The fraction of sp³-hybridized carbons (Fsp3) is 0.118. The second-order valence-electron chi connectivity index (χ2n) is 4.41. The SMILES string of the molecule is CC(=O)NC(C)=C(c1ccccc1)c1ccccc1. The van der Waals surface area contributed by atoms with Gasteiger partial charge in [0, 0.05) is 18.2 Å². The normalized spacial score (nSPS) is 9.79. The lowest BCUT2D eigenvalue weighted by Crippen LogP contribution is -2.18. The van der Waals surface area contributed by atoms with Crippen LogP contribution in [0.2, 0.25) is 0 Å². The Bertz CT molecular complexity index is 544. The van der Waals surface area contributed by atoms with Crippen molar-refractivity contribution >= 4 is 11.5 Å². The zero-order valence-electron chi connectivity index (χ0n) is 11.2. The van der Waals surface area contributed by atoms with Crippen molar-refractivity contribution in [3.8, 4) is 0 Å². The van der Waals surface area contributed by atoms with Crippen LogP contribution in [0.3, 0.4) is 0 Å². The summed E-state index contributed by atoms with van der Waals surface area (Å²) in [6, 6.07) is 20.2. The molecule has 2 nitrogen and oxygen atoms in total. The van der Waals surface area contributed by atoms with Crippen LogP contribution in [0.1, 0.15) is 25.0 Å². The fourth-order valence-electron chi connectivity index (χ4n) is 2.14. The number of benzene rings is 2. The van der Waals surface area contributed by atoms with E-state index in [4.69, 9.17) is 0 Å². The van der Waals surface area contributed by atoms with Crippen LogP contribution in [0.4, 0.5) is 0 Å². The van der Waals surface area contributed by atoms with Gasteiger partial charge in [-0.15, -0.1) is 0 Å². The fourth-order valence-corrected chi connectivity index (χ4v) is 2.14. The van der Waals surface area contributed by atoms with E-state index in [1.165, 1.54) is 6.92 Å². The predicted octanol–water partition coefficient (Wildman–Crippen LogP) is 3.60. The first kappa shape index (κ1) is 13.1. The maximum absolute atomic E-state index is 11.3. The van der Waals surface area contributed by atoms with Crippen LogP contribution in [0.15, 0.2) is 66.4 Å². The summed E-state index contributed by atoms with van der Waals surface area (Å²) in [7, 11) is 0. The number of hydrogen-bond donors (Lipinski definition) is 1. The number of amides is 1. The van der Waals surface area contributed by atoms with Crippen LogP contribution in [0.5, 0.6) is 0 Å². The Balaban J connectivity index is 2.55. The standard InChI is InChI=1S/C17H17NO/c1-13(18-14(2)19)17(15-9-5-3-6-10-15)16-11-7-4-8-12-16/h3-12H,1-2H3,(H,18,19). The molecule has 1 N–H and O–H groups in total. The summed E-state index contributed by atoms with van der Waals surface area (Å²) < 4.78 is 0. The maximum Gasteiger partial charge on any atom is 0.221 e. The summed E-state index contributed by atoms with van der Waals surface area (Å²) in [6.07, 6.45) is 0. The van der Waals surface area contributed by atoms with Crippen LogP contribution in [0.25, 0.3) is 5.57 Å². The van der Waals surface area contributed by atoms with Crippen LogP contribution >= 0.6 is 0 Å². The van der Waals surface area contributed by atoms with Crippen molar-refractivity contribution in [1.82, 2.24) is 5.32 Å².